The van der Waals surface area contributed by atoms with Gasteiger partial charge in [-0.1, -0.05) is 57.5 Å². The van der Waals surface area contributed by atoms with Crippen LogP contribution >= 0.6 is 11.6 Å². The topological polar surface area (TPSA) is 13.1 Å². The summed E-state index contributed by atoms with van der Waals surface area (Å²) in [5.41, 5.74) is 6.78. The predicted octanol–water partition coefficient (Wildman–Crippen LogP) is 8.26. The lowest BCUT2D eigenvalue weighted by atomic mass is 9.61. The molecule has 1 nitrogen and oxygen atoms in total. The van der Waals surface area contributed by atoms with Crippen LogP contribution in [0.15, 0.2) is 59.2 Å². The van der Waals surface area contributed by atoms with Gasteiger partial charge in [0.05, 0.1) is 6.26 Å². The molecule has 0 amide bonds. The Hall–Kier alpha value is -2.25. The van der Waals surface area contributed by atoms with Crippen LogP contribution in [0.4, 0.5) is 0 Å². The first kappa shape index (κ1) is 17.8. The van der Waals surface area contributed by atoms with Gasteiger partial charge in [0.15, 0.2) is 0 Å². The second-order valence-corrected chi connectivity index (χ2v) is 9.89. The smallest absolute Gasteiger partial charge is 0.141 e. The molecule has 1 heterocycles. The average molecular weight is 389 g/mol. The molecule has 0 saturated carbocycles. The van der Waals surface area contributed by atoms with E-state index in [1.54, 1.807) is 6.26 Å². The second kappa shape index (κ2) is 5.87. The lowest BCUT2D eigenvalue weighted by molar-refractivity contribution is 0.333. The first-order valence-electron chi connectivity index (χ1n) is 10.0. The Labute approximate surface area is 171 Å². The van der Waals surface area contributed by atoms with Crippen LogP contribution in [-0.4, -0.2) is 0 Å². The van der Waals surface area contributed by atoms with Gasteiger partial charge in [0, 0.05) is 15.8 Å². The molecule has 0 aliphatic heterocycles. The molecule has 1 aliphatic rings. The SMILES string of the molecule is CC1(C)CCC(C)(C)c2c(-c3cc4ccoc4c4ccc(Cl)cc34)cccc21. The van der Waals surface area contributed by atoms with E-state index in [1.165, 1.54) is 35.1 Å². The Balaban J connectivity index is 1.93. The van der Waals surface area contributed by atoms with Crippen molar-refractivity contribution in [3.05, 3.63) is 70.9 Å². The van der Waals surface area contributed by atoms with Crippen LogP contribution in [-0.2, 0) is 10.8 Å². The van der Waals surface area contributed by atoms with E-state index in [0.29, 0.717) is 0 Å². The minimum atomic E-state index is 0.137. The molecule has 0 radical (unpaired) electrons. The van der Waals surface area contributed by atoms with E-state index in [2.05, 4.69) is 70.2 Å². The fourth-order valence-electron chi connectivity index (χ4n) is 5.00. The summed E-state index contributed by atoms with van der Waals surface area (Å²) in [6.45, 7) is 9.52. The lowest BCUT2D eigenvalue weighted by Gasteiger charge is -2.43. The number of rotatable bonds is 1. The van der Waals surface area contributed by atoms with Gasteiger partial charge in [-0.3, -0.25) is 0 Å². The standard InChI is InChI=1S/C26H25ClO/c1-25(2)11-12-26(3,4)23-18(6-5-7-22(23)25)20-14-16-10-13-28-24(16)19-9-8-17(27)15-21(19)20/h5-10,13-15H,11-12H2,1-4H3. The number of halogens is 1. The molecular formula is C26H25ClO. The highest BCUT2D eigenvalue weighted by atomic mass is 35.5. The van der Waals surface area contributed by atoms with E-state index in [4.69, 9.17) is 16.0 Å². The van der Waals surface area contributed by atoms with Crippen molar-refractivity contribution in [2.75, 3.05) is 0 Å². The Kier molecular flexibility index (Phi) is 3.74. The van der Waals surface area contributed by atoms with Gasteiger partial charge in [0.1, 0.15) is 5.58 Å². The molecule has 1 aliphatic carbocycles. The van der Waals surface area contributed by atoms with Crippen molar-refractivity contribution in [1.29, 1.82) is 0 Å². The van der Waals surface area contributed by atoms with E-state index >= 15 is 0 Å². The summed E-state index contributed by atoms with van der Waals surface area (Å²) < 4.78 is 5.81. The summed E-state index contributed by atoms with van der Waals surface area (Å²) in [6, 6.07) is 17.2. The van der Waals surface area contributed by atoms with E-state index in [-0.39, 0.29) is 10.8 Å². The largest absolute Gasteiger partial charge is 0.464 e. The van der Waals surface area contributed by atoms with Gasteiger partial charge >= 0.3 is 0 Å². The van der Waals surface area contributed by atoms with Crippen LogP contribution in [0.5, 0.6) is 0 Å². The third kappa shape index (κ3) is 2.53. The van der Waals surface area contributed by atoms with Gasteiger partial charge in [-0.25, -0.2) is 0 Å². The van der Waals surface area contributed by atoms with Crippen molar-refractivity contribution >= 4 is 33.3 Å². The molecule has 5 rings (SSSR count). The maximum absolute atomic E-state index is 6.42. The molecule has 4 aromatic rings. The Bertz CT molecular complexity index is 1230. The number of hydrogen-bond donors (Lipinski definition) is 0. The zero-order valence-corrected chi connectivity index (χ0v) is 17.7. The molecule has 1 aromatic heterocycles. The van der Waals surface area contributed by atoms with Crippen LogP contribution in [0.2, 0.25) is 5.02 Å². The summed E-state index contributed by atoms with van der Waals surface area (Å²) in [5.74, 6) is 0. The van der Waals surface area contributed by atoms with Crippen molar-refractivity contribution in [1.82, 2.24) is 0 Å². The predicted molar refractivity (Wildman–Crippen MR) is 119 cm³/mol. The summed E-state index contributed by atoms with van der Waals surface area (Å²) >= 11 is 6.42. The molecule has 28 heavy (non-hydrogen) atoms. The van der Waals surface area contributed by atoms with Crippen molar-refractivity contribution in [3.8, 4) is 11.1 Å². The van der Waals surface area contributed by atoms with Crippen molar-refractivity contribution < 1.29 is 4.42 Å². The summed E-state index contributed by atoms with van der Waals surface area (Å²) in [4.78, 5) is 0. The maximum Gasteiger partial charge on any atom is 0.141 e. The molecule has 0 unspecified atom stereocenters. The Morgan fingerprint density at radius 3 is 2.43 bits per heavy atom. The van der Waals surface area contributed by atoms with Crippen LogP contribution < -0.4 is 0 Å². The fraction of sp³-hybridized carbons (Fsp3) is 0.308. The third-order valence-electron chi connectivity index (χ3n) is 6.65. The summed E-state index contributed by atoms with van der Waals surface area (Å²) in [5, 5.41) is 4.16. The van der Waals surface area contributed by atoms with E-state index < -0.39 is 0 Å². The Morgan fingerprint density at radius 1 is 0.821 bits per heavy atom. The Morgan fingerprint density at radius 2 is 1.61 bits per heavy atom. The maximum atomic E-state index is 6.42. The number of fused-ring (bicyclic) bond motifs is 4. The molecule has 3 aromatic carbocycles. The molecule has 0 atom stereocenters. The average Bonchev–Trinajstić information content (AvgIpc) is 3.13. The highest BCUT2D eigenvalue weighted by Crippen LogP contribution is 2.50. The molecular weight excluding hydrogens is 364 g/mol. The first-order chi connectivity index (χ1) is 13.3. The number of benzene rings is 3. The molecule has 2 heteroatoms. The quantitative estimate of drug-likeness (QED) is 0.320. The van der Waals surface area contributed by atoms with Gasteiger partial charge in [-0.05, 0) is 81.6 Å². The fourth-order valence-corrected chi connectivity index (χ4v) is 5.17. The number of hydrogen-bond acceptors (Lipinski definition) is 1. The molecule has 0 spiro atoms. The van der Waals surface area contributed by atoms with Crippen molar-refractivity contribution in [2.24, 2.45) is 0 Å². The third-order valence-corrected chi connectivity index (χ3v) is 6.88. The molecule has 0 N–H and O–H groups in total. The van der Waals surface area contributed by atoms with Crippen LogP contribution in [0, 0.1) is 0 Å². The minimum absolute atomic E-state index is 0.137. The lowest BCUT2D eigenvalue weighted by Crippen LogP contribution is -2.34. The van der Waals surface area contributed by atoms with Gasteiger partial charge in [-0.2, -0.15) is 0 Å². The number of furan rings is 1. The monoisotopic (exact) mass is 388 g/mol. The summed E-state index contributed by atoms with van der Waals surface area (Å²) in [6.07, 6.45) is 4.18. The van der Waals surface area contributed by atoms with E-state index in [1.807, 2.05) is 6.07 Å². The zero-order valence-electron chi connectivity index (χ0n) is 16.9. The molecule has 0 saturated heterocycles. The van der Waals surface area contributed by atoms with Gasteiger partial charge in [-0.15, -0.1) is 0 Å². The highest BCUT2D eigenvalue weighted by molar-refractivity contribution is 6.32. The van der Waals surface area contributed by atoms with E-state index in [0.717, 1.165) is 26.8 Å². The molecule has 0 fully saturated rings. The van der Waals surface area contributed by atoms with Crippen molar-refractivity contribution in [3.63, 3.8) is 0 Å². The normalized spacial score (nSPS) is 17.8. The first-order valence-corrected chi connectivity index (χ1v) is 10.4. The second-order valence-electron chi connectivity index (χ2n) is 9.45. The van der Waals surface area contributed by atoms with Gasteiger partial charge < -0.3 is 4.42 Å². The molecule has 0 bridgehead atoms. The highest BCUT2D eigenvalue weighted by Gasteiger charge is 2.38. The van der Waals surface area contributed by atoms with E-state index in [9.17, 15) is 0 Å². The van der Waals surface area contributed by atoms with Crippen LogP contribution in [0.3, 0.4) is 0 Å². The minimum Gasteiger partial charge on any atom is -0.464 e. The zero-order chi connectivity index (χ0) is 19.7. The van der Waals surface area contributed by atoms with Crippen LogP contribution in [0.1, 0.15) is 51.7 Å². The van der Waals surface area contributed by atoms with Gasteiger partial charge in [0.2, 0.25) is 0 Å². The van der Waals surface area contributed by atoms with Crippen molar-refractivity contribution in [2.45, 2.75) is 51.4 Å². The molecule has 142 valence electrons. The van der Waals surface area contributed by atoms with Gasteiger partial charge in [0.25, 0.3) is 0 Å². The summed E-state index contributed by atoms with van der Waals surface area (Å²) in [7, 11) is 0. The van der Waals surface area contributed by atoms with Crippen LogP contribution in [0.25, 0.3) is 32.9 Å².